The predicted octanol–water partition coefficient (Wildman–Crippen LogP) is 2.79. The Morgan fingerprint density at radius 2 is 2.44 bits per heavy atom. The van der Waals surface area contributed by atoms with E-state index in [1.54, 1.807) is 0 Å². The molecule has 16 heavy (non-hydrogen) atoms. The van der Waals surface area contributed by atoms with Crippen molar-refractivity contribution in [1.29, 1.82) is 0 Å². The molecule has 1 N–H and O–H groups in total. The molecule has 1 aliphatic rings. The smallest absolute Gasteiger partial charge is 0.169 e. The number of likely N-dealkylation sites (N-methyl/N-ethyl adjacent to an activating group) is 1. The van der Waals surface area contributed by atoms with Crippen LogP contribution in [0.5, 0.6) is 0 Å². The Morgan fingerprint density at radius 3 is 2.94 bits per heavy atom. The zero-order valence-corrected chi connectivity index (χ0v) is 11.5. The van der Waals surface area contributed by atoms with Crippen molar-refractivity contribution < 1.29 is 4.42 Å². The Balaban J connectivity index is 2.08. The van der Waals surface area contributed by atoms with Gasteiger partial charge in [-0.25, -0.2) is 0 Å². The second-order valence-corrected chi connectivity index (χ2v) is 5.08. The van der Waals surface area contributed by atoms with E-state index >= 15 is 0 Å². The standard InChI is InChI=1S/C12H19BrN2O/c1-3-15(10-6-7-14-8-10)9(2)11-4-5-12(13)16-11/h4-5,9-10,14H,3,6-8H2,1-2H3. The SMILES string of the molecule is CCN(C1CCNC1)C(C)c1ccc(Br)o1. The van der Waals surface area contributed by atoms with Gasteiger partial charge in [0.15, 0.2) is 4.67 Å². The fraction of sp³-hybridized carbons (Fsp3) is 0.667. The van der Waals surface area contributed by atoms with Crippen LogP contribution >= 0.6 is 15.9 Å². The van der Waals surface area contributed by atoms with Gasteiger partial charge in [-0.1, -0.05) is 6.92 Å². The van der Waals surface area contributed by atoms with Crippen LogP contribution in [0.1, 0.15) is 32.1 Å². The highest BCUT2D eigenvalue weighted by molar-refractivity contribution is 9.10. The van der Waals surface area contributed by atoms with Gasteiger partial charge in [-0.2, -0.15) is 0 Å². The van der Waals surface area contributed by atoms with Crippen LogP contribution in [0.2, 0.25) is 0 Å². The maximum atomic E-state index is 5.64. The number of furan rings is 1. The third kappa shape index (κ3) is 2.50. The molecule has 0 spiro atoms. The minimum atomic E-state index is 0.348. The van der Waals surface area contributed by atoms with Crippen molar-refractivity contribution in [2.75, 3.05) is 19.6 Å². The summed E-state index contributed by atoms with van der Waals surface area (Å²) in [6.07, 6.45) is 1.24. The summed E-state index contributed by atoms with van der Waals surface area (Å²) in [5.74, 6) is 1.04. The van der Waals surface area contributed by atoms with Gasteiger partial charge in [0.2, 0.25) is 0 Å². The number of rotatable bonds is 4. The molecule has 2 unspecified atom stereocenters. The number of nitrogens with one attached hydrogen (secondary N) is 1. The fourth-order valence-electron chi connectivity index (χ4n) is 2.49. The van der Waals surface area contributed by atoms with Crippen LogP contribution < -0.4 is 5.32 Å². The molecule has 1 aromatic rings. The molecule has 0 amide bonds. The zero-order valence-electron chi connectivity index (χ0n) is 9.87. The largest absolute Gasteiger partial charge is 0.453 e. The Kier molecular flexibility index (Phi) is 4.05. The number of hydrogen-bond donors (Lipinski definition) is 1. The van der Waals surface area contributed by atoms with E-state index < -0.39 is 0 Å². The van der Waals surface area contributed by atoms with Gasteiger partial charge < -0.3 is 9.73 Å². The molecule has 3 nitrogen and oxygen atoms in total. The van der Waals surface area contributed by atoms with E-state index in [1.807, 2.05) is 6.07 Å². The van der Waals surface area contributed by atoms with E-state index in [1.165, 1.54) is 6.42 Å². The van der Waals surface area contributed by atoms with Crippen LogP contribution in [0.4, 0.5) is 0 Å². The van der Waals surface area contributed by atoms with Gasteiger partial charge in [0.1, 0.15) is 5.76 Å². The Bertz CT molecular complexity index is 334. The van der Waals surface area contributed by atoms with E-state index in [9.17, 15) is 0 Å². The van der Waals surface area contributed by atoms with Gasteiger partial charge in [-0.05, 0) is 54.5 Å². The maximum absolute atomic E-state index is 5.64. The lowest BCUT2D eigenvalue weighted by molar-refractivity contribution is 0.144. The van der Waals surface area contributed by atoms with Gasteiger partial charge in [0.05, 0.1) is 6.04 Å². The summed E-state index contributed by atoms with van der Waals surface area (Å²) >= 11 is 3.36. The molecule has 0 aliphatic carbocycles. The molecule has 1 saturated heterocycles. The van der Waals surface area contributed by atoms with Crippen LogP contribution in [0.25, 0.3) is 0 Å². The topological polar surface area (TPSA) is 28.4 Å². The second-order valence-electron chi connectivity index (χ2n) is 4.29. The summed E-state index contributed by atoms with van der Waals surface area (Å²) in [6, 6.07) is 5.01. The summed E-state index contributed by atoms with van der Waals surface area (Å²) in [5.41, 5.74) is 0. The first-order chi connectivity index (χ1) is 7.72. The third-order valence-corrected chi connectivity index (χ3v) is 3.80. The van der Waals surface area contributed by atoms with Gasteiger partial charge in [-0.3, -0.25) is 4.90 Å². The molecule has 1 aromatic heterocycles. The van der Waals surface area contributed by atoms with E-state index in [-0.39, 0.29) is 0 Å². The predicted molar refractivity (Wildman–Crippen MR) is 68.5 cm³/mol. The average Bonchev–Trinajstić information content (AvgIpc) is 2.90. The third-order valence-electron chi connectivity index (χ3n) is 3.37. The van der Waals surface area contributed by atoms with Crippen molar-refractivity contribution >= 4 is 15.9 Å². The molecule has 1 aliphatic heterocycles. The van der Waals surface area contributed by atoms with E-state index in [0.717, 1.165) is 30.1 Å². The molecular weight excluding hydrogens is 268 g/mol. The first kappa shape index (κ1) is 12.1. The fourth-order valence-corrected chi connectivity index (χ4v) is 2.81. The Labute approximate surface area is 105 Å². The number of hydrogen-bond acceptors (Lipinski definition) is 3. The summed E-state index contributed by atoms with van der Waals surface area (Å²) in [6.45, 7) is 7.72. The zero-order chi connectivity index (χ0) is 11.5. The highest BCUT2D eigenvalue weighted by Gasteiger charge is 2.27. The molecule has 1 fully saturated rings. The summed E-state index contributed by atoms with van der Waals surface area (Å²) in [7, 11) is 0. The first-order valence-corrected chi connectivity index (χ1v) is 6.73. The lowest BCUT2D eigenvalue weighted by atomic mass is 10.1. The van der Waals surface area contributed by atoms with Crippen molar-refractivity contribution in [1.82, 2.24) is 10.2 Å². The Hall–Kier alpha value is -0.320. The van der Waals surface area contributed by atoms with Crippen LogP contribution in [0.15, 0.2) is 21.2 Å². The minimum Gasteiger partial charge on any atom is -0.453 e. The van der Waals surface area contributed by atoms with Gasteiger partial charge in [-0.15, -0.1) is 0 Å². The van der Waals surface area contributed by atoms with Crippen molar-refractivity contribution in [3.8, 4) is 0 Å². The van der Waals surface area contributed by atoms with Crippen molar-refractivity contribution in [3.63, 3.8) is 0 Å². The average molecular weight is 287 g/mol. The molecule has 0 aromatic carbocycles. The number of nitrogens with zero attached hydrogens (tertiary/aromatic N) is 1. The molecule has 2 rings (SSSR count). The van der Waals surface area contributed by atoms with Gasteiger partial charge in [0.25, 0.3) is 0 Å². The van der Waals surface area contributed by atoms with Gasteiger partial charge >= 0.3 is 0 Å². The molecule has 0 saturated carbocycles. The van der Waals surface area contributed by atoms with Gasteiger partial charge in [0, 0.05) is 12.6 Å². The first-order valence-electron chi connectivity index (χ1n) is 5.94. The second kappa shape index (κ2) is 5.34. The van der Waals surface area contributed by atoms with Crippen LogP contribution in [-0.4, -0.2) is 30.6 Å². The normalized spacial score (nSPS) is 22.9. The maximum Gasteiger partial charge on any atom is 0.169 e. The molecule has 2 atom stereocenters. The highest BCUT2D eigenvalue weighted by Crippen LogP contribution is 2.27. The van der Waals surface area contributed by atoms with E-state index in [0.29, 0.717) is 12.1 Å². The highest BCUT2D eigenvalue weighted by atomic mass is 79.9. The van der Waals surface area contributed by atoms with Crippen LogP contribution in [-0.2, 0) is 0 Å². The molecule has 90 valence electrons. The van der Waals surface area contributed by atoms with Crippen molar-refractivity contribution in [2.24, 2.45) is 0 Å². The van der Waals surface area contributed by atoms with Crippen LogP contribution in [0.3, 0.4) is 0 Å². The van der Waals surface area contributed by atoms with E-state index in [2.05, 4.69) is 46.1 Å². The molecular formula is C12H19BrN2O. The monoisotopic (exact) mass is 286 g/mol. The molecule has 0 bridgehead atoms. The molecule has 0 radical (unpaired) electrons. The summed E-state index contributed by atoms with van der Waals surface area (Å²) in [5, 5.41) is 3.42. The van der Waals surface area contributed by atoms with E-state index in [4.69, 9.17) is 4.42 Å². The summed E-state index contributed by atoms with van der Waals surface area (Å²) in [4.78, 5) is 2.51. The van der Waals surface area contributed by atoms with Crippen molar-refractivity contribution in [3.05, 3.63) is 22.6 Å². The Morgan fingerprint density at radius 1 is 1.62 bits per heavy atom. The lowest BCUT2D eigenvalue weighted by Gasteiger charge is -2.31. The lowest BCUT2D eigenvalue weighted by Crippen LogP contribution is -2.38. The molecule has 4 heteroatoms. The quantitative estimate of drug-likeness (QED) is 0.923. The van der Waals surface area contributed by atoms with Crippen LogP contribution in [0, 0.1) is 0 Å². The summed E-state index contributed by atoms with van der Waals surface area (Å²) < 4.78 is 6.46. The minimum absolute atomic E-state index is 0.348. The molecule has 2 heterocycles. The van der Waals surface area contributed by atoms with Crippen molar-refractivity contribution in [2.45, 2.75) is 32.4 Å². The number of halogens is 1.